The van der Waals surface area contributed by atoms with E-state index in [1.807, 2.05) is 6.07 Å². The molecule has 1 fully saturated rings. The first-order valence-electron chi connectivity index (χ1n) is 9.42. The van der Waals surface area contributed by atoms with Crippen molar-refractivity contribution in [3.8, 4) is 11.5 Å². The number of halogens is 1. The number of allylic oxidation sites excluding steroid dienone is 3. The Kier molecular flexibility index (Phi) is 3.85. The summed E-state index contributed by atoms with van der Waals surface area (Å²) in [6.45, 7) is 1.27. The summed E-state index contributed by atoms with van der Waals surface area (Å²) in [6, 6.07) is 3.93. The monoisotopic (exact) mass is 397 g/mol. The number of pyridine rings is 1. The van der Waals surface area contributed by atoms with Crippen molar-refractivity contribution in [3.05, 3.63) is 58.8 Å². The Morgan fingerprint density at radius 3 is 2.82 bits per heavy atom. The van der Waals surface area contributed by atoms with Gasteiger partial charge in [0.15, 0.2) is 34.4 Å². The fourth-order valence-electron chi connectivity index (χ4n) is 5.03. The van der Waals surface area contributed by atoms with Gasteiger partial charge < -0.3 is 31.7 Å². The third-order valence-corrected chi connectivity index (χ3v) is 6.19. The molecule has 2 unspecified atom stereocenters. The van der Waals surface area contributed by atoms with E-state index in [1.165, 1.54) is 17.0 Å². The molecule has 0 spiro atoms. The normalized spacial score (nSPS) is 23.3. The van der Waals surface area contributed by atoms with Crippen LogP contribution in [0.3, 0.4) is 0 Å². The third-order valence-electron chi connectivity index (χ3n) is 6.19. The quantitative estimate of drug-likeness (QED) is 0.703. The van der Waals surface area contributed by atoms with Gasteiger partial charge in [-0.15, -0.1) is 0 Å². The molecule has 2 aromatic rings. The van der Waals surface area contributed by atoms with Gasteiger partial charge in [-0.1, -0.05) is 12.2 Å². The zero-order valence-corrected chi connectivity index (χ0v) is 16.2. The molecule has 6 rings (SSSR count). The lowest BCUT2D eigenvalue weighted by atomic mass is 9.77. The molecule has 1 aromatic heterocycles. The van der Waals surface area contributed by atoms with Crippen molar-refractivity contribution in [2.75, 3.05) is 13.9 Å². The number of phenols is 1. The average molecular weight is 398 g/mol. The maximum Gasteiger partial charge on any atom is 0.231 e. The van der Waals surface area contributed by atoms with E-state index in [4.69, 9.17) is 14.2 Å². The Labute approximate surface area is 168 Å². The zero-order valence-electron chi connectivity index (χ0n) is 15.4. The smallest absolute Gasteiger partial charge is 0.231 e. The predicted octanol–water partition coefficient (Wildman–Crippen LogP) is 0.304. The Balaban J connectivity index is 0.00000171. The second-order valence-electron chi connectivity index (χ2n) is 7.47. The van der Waals surface area contributed by atoms with Gasteiger partial charge in [-0.25, -0.2) is 0 Å². The summed E-state index contributed by atoms with van der Waals surface area (Å²) in [4.78, 5) is 0. The van der Waals surface area contributed by atoms with Gasteiger partial charge in [0.25, 0.3) is 0 Å². The first-order valence-corrected chi connectivity index (χ1v) is 9.42. The number of benzene rings is 1. The number of hydrogen-bond donors (Lipinski definition) is 1. The summed E-state index contributed by atoms with van der Waals surface area (Å²) in [5.74, 6) is 2.96. The molecule has 1 aromatic carbocycles. The minimum absolute atomic E-state index is 0. The summed E-state index contributed by atoms with van der Waals surface area (Å²) >= 11 is 0. The van der Waals surface area contributed by atoms with E-state index in [0.717, 1.165) is 41.7 Å². The first kappa shape index (κ1) is 17.4. The maximum atomic E-state index is 10.9. The molecule has 2 atom stereocenters. The highest BCUT2D eigenvalue weighted by molar-refractivity contribution is 5.98. The summed E-state index contributed by atoms with van der Waals surface area (Å²) in [7, 11) is 1.60. The SMILES string of the molecule is COc1ccc2c3c([n+]4c(c2c1O)CCC4)C1C=C2OCOC2=CC1C=C3.[Cl-]. The van der Waals surface area contributed by atoms with Crippen LogP contribution in [0, 0.1) is 5.92 Å². The largest absolute Gasteiger partial charge is 1.00 e. The fourth-order valence-corrected chi connectivity index (χ4v) is 5.03. The van der Waals surface area contributed by atoms with Gasteiger partial charge in [-0.05, 0) is 24.3 Å². The number of aromatic hydroxyl groups is 1. The minimum atomic E-state index is 0. The number of aromatic nitrogens is 1. The molecule has 4 aliphatic rings. The number of nitrogens with zero attached hydrogens (tertiary/aromatic N) is 1. The van der Waals surface area contributed by atoms with Crippen LogP contribution in [0.25, 0.3) is 16.8 Å². The molecule has 0 radical (unpaired) electrons. The van der Waals surface area contributed by atoms with Crippen LogP contribution in [0.4, 0.5) is 0 Å². The van der Waals surface area contributed by atoms with Crippen LogP contribution in [0.1, 0.15) is 29.3 Å². The van der Waals surface area contributed by atoms with Crippen LogP contribution in [-0.4, -0.2) is 19.0 Å². The van der Waals surface area contributed by atoms with Gasteiger partial charge in [0.1, 0.15) is 6.54 Å². The van der Waals surface area contributed by atoms with E-state index in [0.29, 0.717) is 12.5 Å². The van der Waals surface area contributed by atoms with Gasteiger partial charge in [0, 0.05) is 24.1 Å². The van der Waals surface area contributed by atoms with Crippen LogP contribution in [0.15, 0.2) is 41.9 Å². The number of phenolic OH excluding ortho intramolecular Hbond substituents is 1. The molecule has 144 valence electrons. The Bertz CT molecular complexity index is 1100. The molecular weight excluding hydrogens is 378 g/mol. The van der Waals surface area contributed by atoms with E-state index in [2.05, 4.69) is 34.9 Å². The standard InChI is InChI=1S/C22H19NO4.ClH/c1-25-17-7-6-13-14-5-4-12-9-18-19(27-11-26-18)10-15(12)21(14)23-8-2-3-16(23)20(13)22(17)24;/h4-7,9-10,12,15H,2-3,8,11H2,1H3;1H. The zero-order chi connectivity index (χ0) is 18.1. The second-order valence-corrected chi connectivity index (χ2v) is 7.47. The molecule has 2 aliphatic heterocycles. The van der Waals surface area contributed by atoms with Crippen molar-refractivity contribution in [1.29, 1.82) is 0 Å². The molecule has 0 saturated carbocycles. The topological polar surface area (TPSA) is 51.8 Å². The second kappa shape index (κ2) is 6.17. The minimum Gasteiger partial charge on any atom is -1.00 e. The Morgan fingerprint density at radius 1 is 1.18 bits per heavy atom. The van der Waals surface area contributed by atoms with Crippen molar-refractivity contribution >= 4 is 16.8 Å². The first-order chi connectivity index (χ1) is 13.3. The van der Waals surface area contributed by atoms with E-state index in [9.17, 15) is 5.11 Å². The van der Waals surface area contributed by atoms with Crippen LogP contribution in [0.2, 0.25) is 0 Å². The van der Waals surface area contributed by atoms with E-state index in [1.54, 1.807) is 7.11 Å². The van der Waals surface area contributed by atoms with Crippen molar-refractivity contribution in [1.82, 2.24) is 0 Å². The predicted molar refractivity (Wildman–Crippen MR) is 99.1 cm³/mol. The molecule has 5 nitrogen and oxygen atoms in total. The highest BCUT2D eigenvalue weighted by atomic mass is 35.5. The molecule has 0 amide bonds. The summed E-state index contributed by atoms with van der Waals surface area (Å²) in [5.41, 5.74) is 3.69. The molecule has 28 heavy (non-hydrogen) atoms. The molecule has 6 heteroatoms. The van der Waals surface area contributed by atoms with E-state index < -0.39 is 0 Å². The van der Waals surface area contributed by atoms with Crippen LogP contribution in [-0.2, 0) is 22.4 Å². The number of rotatable bonds is 1. The number of hydrogen-bond acceptors (Lipinski definition) is 4. The number of aryl methyl sites for hydroxylation is 1. The van der Waals surface area contributed by atoms with Crippen LogP contribution < -0.4 is 21.7 Å². The fraction of sp³-hybridized carbons (Fsp3) is 0.318. The Hall–Kier alpha value is -2.66. The van der Waals surface area contributed by atoms with Gasteiger partial charge >= 0.3 is 0 Å². The third kappa shape index (κ3) is 2.17. The van der Waals surface area contributed by atoms with E-state index in [-0.39, 0.29) is 30.0 Å². The molecule has 0 bridgehead atoms. The average Bonchev–Trinajstić information content (AvgIpc) is 3.34. The Morgan fingerprint density at radius 2 is 2.00 bits per heavy atom. The van der Waals surface area contributed by atoms with Crippen molar-refractivity contribution in [2.24, 2.45) is 5.92 Å². The number of ether oxygens (including phenoxy) is 3. The highest BCUT2D eigenvalue weighted by Crippen LogP contribution is 2.46. The molecular formula is C22H20ClNO4. The van der Waals surface area contributed by atoms with Crippen molar-refractivity contribution in [3.63, 3.8) is 0 Å². The maximum absolute atomic E-state index is 10.9. The summed E-state index contributed by atoms with van der Waals surface area (Å²) < 4.78 is 19.0. The van der Waals surface area contributed by atoms with Crippen molar-refractivity contribution in [2.45, 2.75) is 25.3 Å². The lowest BCUT2D eigenvalue weighted by Crippen LogP contribution is -3.00. The molecule has 1 saturated heterocycles. The number of methoxy groups -OCH3 is 1. The highest BCUT2D eigenvalue weighted by Gasteiger charge is 2.41. The van der Waals surface area contributed by atoms with Gasteiger partial charge in [-0.2, -0.15) is 4.57 Å². The molecule has 2 aliphatic carbocycles. The lowest BCUT2D eigenvalue weighted by molar-refractivity contribution is -0.698. The summed E-state index contributed by atoms with van der Waals surface area (Å²) in [6.07, 6.45) is 10.9. The van der Waals surface area contributed by atoms with Gasteiger partial charge in [0.2, 0.25) is 6.79 Å². The van der Waals surface area contributed by atoms with Gasteiger partial charge in [0.05, 0.1) is 24.0 Å². The van der Waals surface area contributed by atoms with Crippen LogP contribution >= 0.6 is 0 Å². The lowest BCUT2D eigenvalue weighted by Gasteiger charge is -2.27. The summed E-state index contributed by atoms with van der Waals surface area (Å²) in [5, 5.41) is 12.9. The number of fused-ring (bicyclic) bond motifs is 9. The van der Waals surface area contributed by atoms with Crippen LogP contribution in [0.5, 0.6) is 11.5 Å². The van der Waals surface area contributed by atoms with Crippen molar-refractivity contribution < 1.29 is 36.3 Å². The molecule has 1 N–H and O–H groups in total. The van der Waals surface area contributed by atoms with Gasteiger partial charge in [-0.3, -0.25) is 0 Å². The van der Waals surface area contributed by atoms with E-state index >= 15 is 0 Å². The molecule has 3 heterocycles.